The average molecular weight is 441 g/mol. The van der Waals surface area contributed by atoms with Crippen LogP contribution in [-0.2, 0) is 22.6 Å². The second-order valence-corrected chi connectivity index (χ2v) is 7.41. The molecule has 4 rings (SSSR count). The van der Waals surface area contributed by atoms with Gasteiger partial charge in [0.15, 0.2) is 0 Å². The van der Waals surface area contributed by atoms with Crippen molar-refractivity contribution in [3.8, 4) is 0 Å². The maximum atomic E-state index is 12.7. The molecule has 33 heavy (non-hydrogen) atoms. The van der Waals surface area contributed by atoms with Crippen LogP contribution in [0.1, 0.15) is 21.5 Å². The van der Waals surface area contributed by atoms with Crippen LogP contribution >= 0.6 is 0 Å². The summed E-state index contributed by atoms with van der Waals surface area (Å²) in [5.74, 6) is -1.98. The van der Waals surface area contributed by atoms with E-state index in [9.17, 15) is 14.4 Å². The Hall–Kier alpha value is -4.46. The number of carbonyl (C=O) groups excluding carboxylic acids is 3. The van der Waals surface area contributed by atoms with E-state index in [-0.39, 0.29) is 23.7 Å². The van der Waals surface area contributed by atoms with Gasteiger partial charge in [0.25, 0.3) is 5.91 Å². The molecule has 0 aliphatic heterocycles. The van der Waals surface area contributed by atoms with E-state index in [4.69, 9.17) is 0 Å². The molecule has 4 N–H and O–H groups in total. The highest BCUT2D eigenvalue weighted by Gasteiger charge is 2.17. The number of rotatable bonds is 7. The Morgan fingerprint density at radius 2 is 1.70 bits per heavy atom. The molecule has 0 atom stereocenters. The van der Waals surface area contributed by atoms with Crippen LogP contribution < -0.4 is 16.0 Å². The number of H-pyrrole nitrogens is 1. The molecule has 8 heteroatoms. The molecular weight excluding hydrogens is 418 g/mol. The molecule has 2 aromatic carbocycles. The highest BCUT2D eigenvalue weighted by Crippen LogP contribution is 2.18. The second-order valence-electron chi connectivity index (χ2n) is 7.41. The van der Waals surface area contributed by atoms with Gasteiger partial charge in [0, 0.05) is 42.6 Å². The number of pyridine rings is 1. The summed E-state index contributed by atoms with van der Waals surface area (Å²) in [6.07, 6.45) is 5.82. The van der Waals surface area contributed by atoms with Crippen molar-refractivity contribution in [2.75, 3.05) is 11.9 Å². The maximum absolute atomic E-state index is 12.7. The Morgan fingerprint density at radius 3 is 2.55 bits per heavy atom. The van der Waals surface area contributed by atoms with E-state index < -0.39 is 11.8 Å². The van der Waals surface area contributed by atoms with Gasteiger partial charge in [-0.1, -0.05) is 36.4 Å². The summed E-state index contributed by atoms with van der Waals surface area (Å²) in [5.41, 5.74) is 3.48. The molecule has 0 fully saturated rings. The summed E-state index contributed by atoms with van der Waals surface area (Å²) < 4.78 is 0. The fraction of sp³-hybridized carbons (Fsp3) is 0.120. The number of carbonyl (C=O) groups is 3. The van der Waals surface area contributed by atoms with Crippen molar-refractivity contribution in [2.45, 2.75) is 13.0 Å². The molecule has 0 radical (unpaired) electrons. The van der Waals surface area contributed by atoms with E-state index in [1.165, 1.54) is 0 Å². The number of benzene rings is 2. The average Bonchev–Trinajstić information content (AvgIpc) is 3.26. The van der Waals surface area contributed by atoms with Crippen molar-refractivity contribution in [3.63, 3.8) is 0 Å². The van der Waals surface area contributed by atoms with E-state index >= 15 is 0 Å². The molecular formula is C25H23N5O3. The molecule has 0 aliphatic carbocycles. The van der Waals surface area contributed by atoms with Crippen LogP contribution in [0.2, 0.25) is 0 Å². The summed E-state index contributed by atoms with van der Waals surface area (Å²) in [5, 5.41) is 9.06. The van der Waals surface area contributed by atoms with Crippen molar-refractivity contribution >= 4 is 34.3 Å². The molecule has 0 saturated carbocycles. The SMILES string of the molecule is O=C(NCc1cccnc1)C(=O)Nc1ccccc1C(=O)NCCc1c[nH]c2ccccc12. The Balaban J connectivity index is 1.33. The largest absolute Gasteiger partial charge is 0.361 e. The quantitative estimate of drug-likeness (QED) is 0.330. The van der Waals surface area contributed by atoms with Crippen molar-refractivity contribution in [3.05, 3.63) is 95.9 Å². The number of aromatic nitrogens is 2. The monoisotopic (exact) mass is 441 g/mol. The van der Waals surface area contributed by atoms with Gasteiger partial charge in [-0.3, -0.25) is 19.4 Å². The minimum absolute atomic E-state index is 0.177. The molecule has 0 unspecified atom stereocenters. The Labute approximate surface area is 190 Å². The zero-order valence-corrected chi connectivity index (χ0v) is 17.8. The highest BCUT2D eigenvalue weighted by atomic mass is 16.2. The van der Waals surface area contributed by atoms with Gasteiger partial charge in [-0.15, -0.1) is 0 Å². The molecule has 2 heterocycles. The minimum atomic E-state index is -0.849. The third-order valence-electron chi connectivity index (χ3n) is 5.16. The van der Waals surface area contributed by atoms with Crippen molar-refractivity contribution in [1.29, 1.82) is 0 Å². The van der Waals surface area contributed by atoms with Crippen LogP contribution in [0.25, 0.3) is 10.9 Å². The lowest BCUT2D eigenvalue weighted by Gasteiger charge is -2.11. The number of hydrogen-bond acceptors (Lipinski definition) is 4. The molecule has 166 valence electrons. The third kappa shape index (κ3) is 5.43. The molecule has 4 aromatic rings. The first-order chi connectivity index (χ1) is 16.1. The first-order valence-electron chi connectivity index (χ1n) is 10.5. The number of hydrogen-bond donors (Lipinski definition) is 4. The Bertz CT molecular complexity index is 1280. The van der Waals surface area contributed by atoms with Crippen molar-refractivity contribution < 1.29 is 14.4 Å². The molecule has 0 bridgehead atoms. The van der Waals surface area contributed by atoms with Crippen molar-refractivity contribution in [1.82, 2.24) is 20.6 Å². The van der Waals surface area contributed by atoms with Crippen LogP contribution in [-0.4, -0.2) is 34.2 Å². The van der Waals surface area contributed by atoms with Crippen LogP contribution in [0.4, 0.5) is 5.69 Å². The fourth-order valence-corrected chi connectivity index (χ4v) is 3.48. The smallest absolute Gasteiger partial charge is 0.313 e. The number of fused-ring (bicyclic) bond motifs is 1. The standard InChI is InChI=1S/C25H23N5O3/c31-23(27-13-11-18-16-28-21-9-3-1-7-19(18)21)20-8-2-4-10-22(20)30-25(33)24(32)29-15-17-6-5-12-26-14-17/h1-10,12,14,16,28H,11,13,15H2,(H,27,31)(H,29,32)(H,30,33). The maximum Gasteiger partial charge on any atom is 0.313 e. The van der Waals surface area contributed by atoms with E-state index in [2.05, 4.69) is 25.9 Å². The van der Waals surface area contributed by atoms with Gasteiger partial charge in [0.1, 0.15) is 0 Å². The Morgan fingerprint density at radius 1 is 0.879 bits per heavy atom. The number of para-hydroxylation sites is 2. The first kappa shape index (κ1) is 21.8. The van der Waals surface area contributed by atoms with E-state index in [1.54, 1.807) is 48.8 Å². The summed E-state index contributed by atoms with van der Waals surface area (Å²) >= 11 is 0. The minimum Gasteiger partial charge on any atom is -0.361 e. The molecule has 0 aliphatic rings. The van der Waals surface area contributed by atoms with Gasteiger partial charge < -0.3 is 20.9 Å². The molecule has 0 spiro atoms. The zero-order chi connectivity index (χ0) is 23.0. The summed E-state index contributed by atoms with van der Waals surface area (Å²) in [6.45, 7) is 0.602. The van der Waals surface area contributed by atoms with Gasteiger partial charge >= 0.3 is 11.8 Å². The van der Waals surface area contributed by atoms with Crippen LogP contribution in [0.3, 0.4) is 0 Å². The third-order valence-corrected chi connectivity index (χ3v) is 5.16. The molecule has 2 aromatic heterocycles. The van der Waals surface area contributed by atoms with Gasteiger partial charge in [0.2, 0.25) is 0 Å². The zero-order valence-electron chi connectivity index (χ0n) is 17.8. The second kappa shape index (κ2) is 10.2. The normalized spacial score (nSPS) is 10.5. The summed E-state index contributed by atoms with van der Waals surface area (Å²) in [6, 6.07) is 18.1. The number of amides is 3. The van der Waals surface area contributed by atoms with Crippen molar-refractivity contribution in [2.24, 2.45) is 0 Å². The van der Waals surface area contributed by atoms with Gasteiger partial charge in [-0.2, -0.15) is 0 Å². The predicted octanol–water partition coefficient (Wildman–Crippen LogP) is 2.79. The topological polar surface area (TPSA) is 116 Å². The highest BCUT2D eigenvalue weighted by molar-refractivity contribution is 6.40. The van der Waals surface area contributed by atoms with E-state index in [0.29, 0.717) is 13.0 Å². The van der Waals surface area contributed by atoms with Crippen LogP contribution in [0.15, 0.2) is 79.3 Å². The number of nitrogens with one attached hydrogen (secondary N) is 4. The molecule has 0 saturated heterocycles. The number of anilines is 1. The Kier molecular flexibility index (Phi) is 6.75. The van der Waals surface area contributed by atoms with Gasteiger partial charge in [-0.05, 0) is 41.8 Å². The molecule has 3 amide bonds. The first-order valence-corrected chi connectivity index (χ1v) is 10.5. The number of aromatic amines is 1. The van der Waals surface area contributed by atoms with Crippen LogP contribution in [0.5, 0.6) is 0 Å². The summed E-state index contributed by atoms with van der Waals surface area (Å²) in [7, 11) is 0. The molecule has 8 nitrogen and oxygen atoms in total. The van der Waals surface area contributed by atoms with Crippen LogP contribution in [0, 0.1) is 0 Å². The van der Waals surface area contributed by atoms with E-state index in [0.717, 1.165) is 22.0 Å². The van der Waals surface area contributed by atoms with E-state index in [1.807, 2.05) is 30.5 Å². The lowest BCUT2D eigenvalue weighted by Crippen LogP contribution is -2.35. The van der Waals surface area contributed by atoms with Gasteiger partial charge in [0.05, 0.1) is 11.3 Å². The predicted molar refractivity (Wildman–Crippen MR) is 125 cm³/mol. The number of nitrogens with zero attached hydrogens (tertiary/aromatic N) is 1. The fourth-order valence-electron chi connectivity index (χ4n) is 3.48. The summed E-state index contributed by atoms with van der Waals surface area (Å²) in [4.78, 5) is 44.4. The lowest BCUT2D eigenvalue weighted by atomic mass is 10.1. The van der Waals surface area contributed by atoms with Gasteiger partial charge in [-0.25, -0.2) is 0 Å². The lowest BCUT2D eigenvalue weighted by molar-refractivity contribution is -0.136.